The fourth-order valence-electron chi connectivity index (χ4n) is 3.69. The second-order valence-corrected chi connectivity index (χ2v) is 8.81. The van der Waals surface area contributed by atoms with E-state index in [1.807, 2.05) is 60.7 Å². The first-order chi connectivity index (χ1) is 16.6. The lowest BCUT2D eigenvalue weighted by atomic mass is 9.97. The Labute approximate surface area is 200 Å². The third kappa shape index (κ3) is 4.66. The highest BCUT2D eigenvalue weighted by atomic mass is 32.1. The van der Waals surface area contributed by atoms with Gasteiger partial charge in [-0.2, -0.15) is 0 Å². The van der Waals surface area contributed by atoms with E-state index in [0.29, 0.717) is 5.19 Å². The van der Waals surface area contributed by atoms with Crippen molar-refractivity contribution in [2.24, 2.45) is 5.73 Å². The Balaban J connectivity index is 1.47. The number of thiazole rings is 1. The van der Waals surface area contributed by atoms with Crippen LogP contribution in [0, 0.1) is 0 Å². The summed E-state index contributed by atoms with van der Waals surface area (Å²) in [6.07, 6.45) is 3.71. The normalized spacial score (nSPS) is 12.7. The molecule has 1 atom stereocenters. The lowest BCUT2D eigenvalue weighted by Gasteiger charge is -2.17. The molecule has 2 aromatic heterocycles. The number of pyridine rings is 1. The van der Waals surface area contributed by atoms with Gasteiger partial charge < -0.3 is 15.6 Å². The molecule has 1 unspecified atom stereocenters. The van der Waals surface area contributed by atoms with Gasteiger partial charge in [0.1, 0.15) is 6.61 Å². The highest BCUT2D eigenvalue weighted by Crippen LogP contribution is 2.29. The predicted octanol–water partition coefficient (Wildman–Crippen LogP) is 5.71. The lowest BCUT2D eigenvalue weighted by molar-refractivity contribution is 0.0697. The summed E-state index contributed by atoms with van der Waals surface area (Å²) in [5.41, 5.74) is 11.2. The van der Waals surface area contributed by atoms with Crippen LogP contribution in [-0.4, -0.2) is 27.7 Å². The number of carbonyl (C=O) groups is 1. The molecule has 0 radical (unpaired) electrons. The quantitative estimate of drug-likeness (QED) is 0.318. The topological polar surface area (TPSA) is 98.3 Å². The van der Waals surface area contributed by atoms with E-state index in [2.05, 4.69) is 9.97 Å². The summed E-state index contributed by atoms with van der Waals surface area (Å²) < 4.78 is 7.11. The van der Waals surface area contributed by atoms with Crippen LogP contribution >= 0.6 is 11.3 Å². The molecule has 0 bridgehead atoms. The van der Waals surface area contributed by atoms with Crippen LogP contribution in [0.25, 0.3) is 27.2 Å². The van der Waals surface area contributed by atoms with Gasteiger partial charge in [0.05, 0.1) is 27.3 Å². The van der Waals surface area contributed by atoms with E-state index >= 15 is 0 Å². The number of aromatic carboxylic acids is 1. The van der Waals surface area contributed by atoms with Crippen molar-refractivity contribution in [1.29, 1.82) is 0 Å². The fraction of sp³-hybridized carbons (Fsp3) is 0.0741. The smallest absolute Gasteiger partial charge is 0.335 e. The van der Waals surface area contributed by atoms with E-state index < -0.39 is 12.0 Å². The molecule has 5 rings (SSSR count). The van der Waals surface area contributed by atoms with Gasteiger partial charge in [-0.25, -0.2) is 9.78 Å². The molecule has 0 saturated heterocycles. The van der Waals surface area contributed by atoms with E-state index in [9.17, 15) is 9.90 Å². The van der Waals surface area contributed by atoms with Crippen LogP contribution < -0.4 is 10.5 Å². The molecule has 6 nitrogen and oxygen atoms in total. The summed E-state index contributed by atoms with van der Waals surface area (Å²) in [5.74, 6) is -0.964. The second kappa shape index (κ2) is 9.43. The van der Waals surface area contributed by atoms with E-state index in [1.54, 1.807) is 30.5 Å². The van der Waals surface area contributed by atoms with E-state index in [1.165, 1.54) is 11.3 Å². The third-order valence-corrected chi connectivity index (χ3v) is 6.47. The number of hydrogen-bond acceptors (Lipinski definition) is 6. The molecular formula is C27H21N3O3S. The summed E-state index contributed by atoms with van der Waals surface area (Å²) >= 11 is 1.48. The monoisotopic (exact) mass is 467 g/mol. The molecule has 2 heterocycles. The largest absolute Gasteiger partial charge is 0.478 e. The van der Waals surface area contributed by atoms with Crippen LogP contribution in [0.4, 0.5) is 0 Å². The average molecular weight is 468 g/mol. The second-order valence-electron chi connectivity index (χ2n) is 7.82. The Morgan fingerprint density at radius 1 is 1.03 bits per heavy atom. The highest BCUT2D eigenvalue weighted by Gasteiger charge is 2.16. The number of carboxylic acid groups (broad SMARTS) is 1. The SMILES string of the molecule is NC(/C(=C/c1ccc(C(=O)O)cc1)COc1nc2ccccc2s1)c1cnc2ccccc2c1. The Hall–Kier alpha value is -4.07. The maximum Gasteiger partial charge on any atom is 0.335 e. The Morgan fingerprint density at radius 3 is 2.53 bits per heavy atom. The first-order valence-corrected chi connectivity index (χ1v) is 11.5. The van der Waals surface area contributed by atoms with E-state index in [0.717, 1.165) is 37.8 Å². The summed E-state index contributed by atoms with van der Waals surface area (Å²) in [6, 6.07) is 24.0. The standard InChI is InChI=1S/C27H21N3O3S/c28-25(20-14-19-5-1-2-6-22(19)29-15-20)21(13-17-9-11-18(12-10-17)26(31)32)16-33-27-30-23-7-3-4-8-24(23)34-27/h1-15,25H,16,28H2,(H,31,32)/b21-13+. The molecule has 3 N–H and O–H groups in total. The lowest BCUT2D eigenvalue weighted by Crippen LogP contribution is -2.18. The van der Waals surface area contributed by atoms with Crippen molar-refractivity contribution in [3.8, 4) is 5.19 Å². The van der Waals surface area contributed by atoms with Crippen molar-refractivity contribution in [3.63, 3.8) is 0 Å². The number of aromatic nitrogens is 2. The zero-order valence-electron chi connectivity index (χ0n) is 18.1. The van der Waals surface area contributed by atoms with Gasteiger partial charge in [-0.05, 0) is 53.1 Å². The number of para-hydroxylation sites is 2. The van der Waals surface area contributed by atoms with Crippen LogP contribution in [0.2, 0.25) is 0 Å². The minimum absolute atomic E-state index is 0.229. The fourth-order valence-corrected chi connectivity index (χ4v) is 4.50. The van der Waals surface area contributed by atoms with Gasteiger partial charge in [0.25, 0.3) is 5.19 Å². The molecule has 168 valence electrons. The Morgan fingerprint density at radius 2 is 1.76 bits per heavy atom. The Bertz CT molecular complexity index is 1480. The van der Waals surface area contributed by atoms with Gasteiger partial charge >= 0.3 is 5.97 Å². The molecule has 0 fully saturated rings. The van der Waals surface area contributed by atoms with Crippen LogP contribution in [0.15, 0.2) is 90.6 Å². The van der Waals surface area contributed by atoms with Crippen molar-refractivity contribution in [3.05, 3.63) is 107 Å². The van der Waals surface area contributed by atoms with Crippen molar-refractivity contribution in [1.82, 2.24) is 9.97 Å². The molecule has 0 aliphatic rings. The maximum atomic E-state index is 11.2. The van der Waals surface area contributed by atoms with Crippen LogP contribution in [-0.2, 0) is 0 Å². The molecule has 0 aliphatic heterocycles. The molecule has 3 aromatic carbocycles. The van der Waals surface area contributed by atoms with Crippen molar-refractivity contribution >= 4 is 44.5 Å². The van der Waals surface area contributed by atoms with Crippen molar-refractivity contribution in [2.45, 2.75) is 6.04 Å². The predicted molar refractivity (Wildman–Crippen MR) is 135 cm³/mol. The zero-order valence-corrected chi connectivity index (χ0v) is 18.9. The van der Waals surface area contributed by atoms with Crippen LogP contribution in [0.1, 0.15) is 27.5 Å². The molecule has 0 spiro atoms. The first kappa shape index (κ1) is 21.8. The molecule has 5 aromatic rings. The zero-order chi connectivity index (χ0) is 23.5. The van der Waals surface area contributed by atoms with E-state index in [4.69, 9.17) is 10.5 Å². The number of nitrogens with zero attached hydrogens (tertiary/aromatic N) is 2. The minimum atomic E-state index is -0.964. The van der Waals surface area contributed by atoms with Gasteiger partial charge in [-0.1, -0.05) is 59.9 Å². The van der Waals surface area contributed by atoms with Crippen LogP contribution in [0.3, 0.4) is 0 Å². The molecule has 7 heteroatoms. The molecule has 0 saturated carbocycles. The highest BCUT2D eigenvalue weighted by molar-refractivity contribution is 7.20. The number of carboxylic acids is 1. The first-order valence-electron chi connectivity index (χ1n) is 10.7. The maximum absolute atomic E-state index is 11.2. The Kier molecular flexibility index (Phi) is 6.03. The molecular weight excluding hydrogens is 446 g/mol. The third-order valence-electron chi connectivity index (χ3n) is 5.52. The van der Waals surface area contributed by atoms with Gasteiger partial charge in [-0.15, -0.1) is 0 Å². The number of nitrogens with two attached hydrogens (primary N) is 1. The molecule has 34 heavy (non-hydrogen) atoms. The van der Waals surface area contributed by atoms with Crippen molar-refractivity contribution < 1.29 is 14.6 Å². The number of rotatable bonds is 7. The van der Waals surface area contributed by atoms with Gasteiger partial charge in [0.15, 0.2) is 0 Å². The van der Waals surface area contributed by atoms with Gasteiger partial charge in [0, 0.05) is 11.6 Å². The number of hydrogen-bond donors (Lipinski definition) is 2. The van der Waals surface area contributed by atoms with Crippen LogP contribution in [0.5, 0.6) is 5.19 Å². The number of fused-ring (bicyclic) bond motifs is 2. The van der Waals surface area contributed by atoms with E-state index in [-0.39, 0.29) is 12.2 Å². The molecule has 0 aliphatic carbocycles. The molecule has 0 amide bonds. The number of ether oxygens (including phenoxy) is 1. The number of benzene rings is 3. The summed E-state index contributed by atoms with van der Waals surface area (Å²) in [6.45, 7) is 0.231. The minimum Gasteiger partial charge on any atom is -0.478 e. The van der Waals surface area contributed by atoms with Gasteiger partial charge in [-0.3, -0.25) is 4.98 Å². The van der Waals surface area contributed by atoms with Crippen molar-refractivity contribution in [2.75, 3.05) is 6.61 Å². The summed E-state index contributed by atoms with van der Waals surface area (Å²) in [5, 5.41) is 10.8. The average Bonchev–Trinajstić information content (AvgIpc) is 3.29. The van der Waals surface area contributed by atoms with Gasteiger partial charge in [0.2, 0.25) is 0 Å². The summed E-state index contributed by atoms with van der Waals surface area (Å²) in [7, 11) is 0. The summed E-state index contributed by atoms with van der Waals surface area (Å²) in [4.78, 5) is 20.3.